The summed E-state index contributed by atoms with van der Waals surface area (Å²) in [7, 11) is 0. The fraction of sp³-hybridized carbons (Fsp3) is 0.417. The van der Waals surface area contributed by atoms with Crippen LogP contribution in [0.5, 0.6) is 0 Å². The van der Waals surface area contributed by atoms with Crippen LogP contribution in [0.1, 0.15) is 33.6 Å². The molecule has 0 aliphatic heterocycles. The molecular formula is C12H18O2. The van der Waals surface area contributed by atoms with Crippen LogP contribution < -0.4 is 0 Å². The normalized spacial score (nSPS) is 13.6. The molecule has 0 rings (SSSR count). The first-order valence-corrected chi connectivity index (χ1v) is 4.77. The lowest BCUT2D eigenvalue weighted by molar-refractivity contribution is -0.132. The monoisotopic (exact) mass is 194 g/mol. The van der Waals surface area contributed by atoms with E-state index in [1.165, 1.54) is 0 Å². The number of hydrogen-bond donors (Lipinski definition) is 1. The van der Waals surface area contributed by atoms with E-state index >= 15 is 0 Å². The van der Waals surface area contributed by atoms with Crippen molar-refractivity contribution in [1.82, 2.24) is 0 Å². The van der Waals surface area contributed by atoms with Crippen molar-refractivity contribution in [3.63, 3.8) is 0 Å². The van der Waals surface area contributed by atoms with E-state index in [4.69, 9.17) is 5.11 Å². The lowest BCUT2D eigenvalue weighted by atomic mass is 10.0. The number of allylic oxidation sites excluding steroid dienone is 5. The SMILES string of the molecule is CC=CC/C(C)=C(\CC=CC)C(=O)O. The summed E-state index contributed by atoms with van der Waals surface area (Å²) in [5.74, 6) is -0.815. The van der Waals surface area contributed by atoms with Crippen LogP contribution in [0.25, 0.3) is 0 Å². The Morgan fingerprint density at radius 3 is 2.07 bits per heavy atom. The minimum absolute atomic E-state index is 0.501. The highest BCUT2D eigenvalue weighted by Gasteiger charge is 2.08. The maximum absolute atomic E-state index is 10.9. The van der Waals surface area contributed by atoms with Gasteiger partial charge >= 0.3 is 5.97 Å². The molecule has 0 bridgehead atoms. The van der Waals surface area contributed by atoms with Crippen molar-refractivity contribution in [1.29, 1.82) is 0 Å². The van der Waals surface area contributed by atoms with Crippen LogP contribution in [-0.4, -0.2) is 11.1 Å². The van der Waals surface area contributed by atoms with Crippen LogP contribution in [0, 0.1) is 0 Å². The first-order valence-electron chi connectivity index (χ1n) is 4.77. The second-order valence-electron chi connectivity index (χ2n) is 3.11. The Kier molecular flexibility index (Phi) is 6.46. The van der Waals surface area contributed by atoms with E-state index in [1.54, 1.807) is 0 Å². The topological polar surface area (TPSA) is 37.3 Å². The molecule has 2 nitrogen and oxygen atoms in total. The van der Waals surface area contributed by atoms with Gasteiger partial charge < -0.3 is 5.11 Å². The Bertz CT molecular complexity index is 270. The molecule has 0 spiro atoms. The van der Waals surface area contributed by atoms with E-state index in [2.05, 4.69) is 0 Å². The molecule has 0 unspecified atom stereocenters. The summed E-state index contributed by atoms with van der Waals surface area (Å²) in [6, 6.07) is 0. The molecule has 2 heteroatoms. The van der Waals surface area contributed by atoms with Crippen LogP contribution in [0.3, 0.4) is 0 Å². The third kappa shape index (κ3) is 4.65. The maximum Gasteiger partial charge on any atom is 0.331 e. The van der Waals surface area contributed by atoms with E-state index in [9.17, 15) is 4.79 Å². The van der Waals surface area contributed by atoms with E-state index in [0.717, 1.165) is 12.0 Å². The summed E-state index contributed by atoms with van der Waals surface area (Å²) < 4.78 is 0. The lowest BCUT2D eigenvalue weighted by Gasteiger charge is -2.03. The highest BCUT2D eigenvalue weighted by atomic mass is 16.4. The van der Waals surface area contributed by atoms with Crippen LogP contribution in [0.4, 0.5) is 0 Å². The fourth-order valence-electron chi connectivity index (χ4n) is 1.10. The quantitative estimate of drug-likeness (QED) is 0.538. The fourth-order valence-corrected chi connectivity index (χ4v) is 1.10. The van der Waals surface area contributed by atoms with Gasteiger partial charge in [-0.3, -0.25) is 0 Å². The second kappa shape index (κ2) is 7.13. The van der Waals surface area contributed by atoms with Gasteiger partial charge in [-0.05, 0) is 33.6 Å². The Labute approximate surface area is 85.6 Å². The van der Waals surface area contributed by atoms with Gasteiger partial charge in [-0.1, -0.05) is 29.9 Å². The molecule has 0 saturated heterocycles. The molecule has 0 heterocycles. The molecule has 0 amide bonds. The summed E-state index contributed by atoms with van der Waals surface area (Å²) >= 11 is 0. The summed E-state index contributed by atoms with van der Waals surface area (Å²) in [5, 5.41) is 8.95. The van der Waals surface area contributed by atoms with Crippen molar-refractivity contribution in [2.45, 2.75) is 33.6 Å². The first kappa shape index (κ1) is 12.7. The van der Waals surface area contributed by atoms with Crippen molar-refractivity contribution >= 4 is 5.97 Å². The summed E-state index contributed by atoms with van der Waals surface area (Å²) in [5.41, 5.74) is 1.43. The van der Waals surface area contributed by atoms with Crippen LogP contribution in [-0.2, 0) is 4.79 Å². The van der Waals surface area contributed by atoms with Gasteiger partial charge in [-0.15, -0.1) is 0 Å². The lowest BCUT2D eigenvalue weighted by Crippen LogP contribution is -2.02. The van der Waals surface area contributed by atoms with Crippen LogP contribution in [0.2, 0.25) is 0 Å². The van der Waals surface area contributed by atoms with Crippen molar-refractivity contribution in [3.8, 4) is 0 Å². The Morgan fingerprint density at radius 1 is 1.14 bits per heavy atom. The van der Waals surface area contributed by atoms with Crippen molar-refractivity contribution in [3.05, 3.63) is 35.5 Å². The predicted molar refractivity (Wildman–Crippen MR) is 59.2 cm³/mol. The molecule has 0 saturated carbocycles. The average Bonchev–Trinajstić information content (AvgIpc) is 2.14. The third-order valence-electron chi connectivity index (χ3n) is 1.99. The number of carboxylic acids is 1. The van der Waals surface area contributed by atoms with Gasteiger partial charge in [0.25, 0.3) is 0 Å². The van der Waals surface area contributed by atoms with Crippen molar-refractivity contribution < 1.29 is 9.90 Å². The summed E-state index contributed by atoms with van der Waals surface area (Å²) in [6.07, 6.45) is 8.85. The van der Waals surface area contributed by atoms with Gasteiger partial charge in [0.1, 0.15) is 0 Å². The maximum atomic E-state index is 10.9. The van der Waals surface area contributed by atoms with Gasteiger partial charge in [0, 0.05) is 5.57 Å². The predicted octanol–water partition coefficient (Wildman–Crippen LogP) is 3.32. The van der Waals surface area contributed by atoms with E-state index in [-0.39, 0.29) is 0 Å². The van der Waals surface area contributed by atoms with Crippen LogP contribution >= 0.6 is 0 Å². The molecule has 0 atom stereocenters. The minimum Gasteiger partial charge on any atom is -0.478 e. The molecule has 0 aliphatic rings. The van der Waals surface area contributed by atoms with Crippen molar-refractivity contribution in [2.75, 3.05) is 0 Å². The highest BCUT2D eigenvalue weighted by molar-refractivity contribution is 5.87. The third-order valence-corrected chi connectivity index (χ3v) is 1.99. The summed E-state index contributed by atoms with van der Waals surface area (Å²) in [4.78, 5) is 10.9. The summed E-state index contributed by atoms with van der Waals surface area (Å²) in [6.45, 7) is 5.69. The van der Waals surface area contributed by atoms with Gasteiger partial charge in [-0.2, -0.15) is 0 Å². The molecule has 78 valence electrons. The molecular weight excluding hydrogens is 176 g/mol. The molecule has 0 aromatic rings. The molecule has 1 N–H and O–H groups in total. The van der Waals surface area contributed by atoms with Crippen molar-refractivity contribution in [2.24, 2.45) is 0 Å². The number of carboxylic acid groups (broad SMARTS) is 1. The van der Waals surface area contributed by atoms with Gasteiger partial charge in [-0.25, -0.2) is 4.79 Å². The molecule has 0 aromatic carbocycles. The van der Waals surface area contributed by atoms with Gasteiger partial charge in [0.05, 0.1) is 0 Å². The zero-order chi connectivity index (χ0) is 11.0. The van der Waals surface area contributed by atoms with E-state index < -0.39 is 5.97 Å². The van der Waals surface area contributed by atoms with Gasteiger partial charge in [0.2, 0.25) is 0 Å². The number of hydrogen-bond acceptors (Lipinski definition) is 1. The molecule has 0 radical (unpaired) electrons. The largest absolute Gasteiger partial charge is 0.478 e. The second-order valence-corrected chi connectivity index (χ2v) is 3.11. The van der Waals surface area contributed by atoms with Crippen LogP contribution in [0.15, 0.2) is 35.5 Å². The Hall–Kier alpha value is -1.31. The smallest absolute Gasteiger partial charge is 0.331 e. The molecule has 14 heavy (non-hydrogen) atoms. The number of rotatable bonds is 5. The first-order chi connectivity index (χ1) is 6.63. The molecule has 0 aromatic heterocycles. The van der Waals surface area contributed by atoms with E-state index in [0.29, 0.717) is 12.0 Å². The average molecular weight is 194 g/mol. The zero-order valence-corrected chi connectivity index (χ0v) is 9.08. The Balaban J connectivity index is 4.66. The molecule has 0 aliphatic carbocycles. The van der Waals surface area contributed by atoms with Gasteiger partial charge in [0.15, 0.2) is 0 Å². The number of carbonyl (C=O) groups is 1. The standard InChI is InChI=1S/C12H18O2/c1-4-6-8-10(3)11(12(13)14)9-7-5-2/h4-7H,8-9H2,1-3H3,(H,13,14)/b6-4?,7-5?,11-10+. The molecule has 0 fully saturated rings. The highest BCUT2D eigenvalue weighted by Crippen LogP contribution is 2.13. The zero-order valence-electron chi connectivity index (χ0n) is 9.08. The van der Waals surface area contributed by atoms with E-state index in [1.807, 2.05) is 45.1 Å². The Morgan fingerprint density at radius 2 is 1.64 bits per heavy atom. The minimum atomic E-state index is -0.815. The number of aliphatic carboxylic acids is 1.